The number of rotatable bonds is 1. The third-order valence-corrected chi connectivity index (χ3v) is 6.74. The van der Waals surface area contributed by atoms with Crippen molar-refractivity contribution in [3.05, 3.63) is 0 Å². The molecule has 5 atom stereocenters. The van der Waals surface area contributed by atoms with Crippen molar-refractivity contribution in [1.82, 2.24) is 0 Å². The van der Waals surface area contributed by atoms with Gasteiger partial charge in [-0.05, 0) is 49.9 Å². The lowest BCUT2D eigenvalue weighted by Gasteiger charge is -2.47. The van der Waals surface area contributed by atoms with E-state index in [1.54, 1.807) is 6.92 Å². The first-order valence-corrected chi connectivity index (χ1v) is 8.94. The second-order valence-corrected chi connectivity index (χ2v) is 7.90. The Balaban J connectivity index is 1.90. The Morgan fingerprint density at radius 2 is 1.91 bits per heavy atom. The Labute approximate surface area is 138 Å². The van der Waals surface area contributed by atoms with Crippen molar-refractivity contribution >= 4 is 17.3 Å². The quantitative estimate of drug-likeness (QED) is 0.697. The van der Waals surface area contributed by atoms with E-state index in [4.69, 9.17) is 0 Å². The van der Waals surface area contributed by atoms with Gasteiger partial charge in [-0.25, -0.2) is 0 Å². The second kappa shape index (κ2) is 6.23. The third kappa shape index (κ3) is 2.89. The topological polar surface area (TPSA) is 51.2 Å². The van der Waals surface area contributed by atoms with Crippen molar-refractivity contribution < 1.29 is 14.4 Å². The number of fused-ring (bicyclic) bond motifs is 3. The molecule has 2 fully saturated rings. The molecule has 0 unspecified atom stereocenters. The van der Waals surface area contributed by atoms with E-state index in [0.29, 0.717) is 31.0 Å². The average molecular weight is 314 g/mol. The van der Waals surface area contributed by atoms with Crippen molar-refractivity contribution in [2.24, 2.45) is 29.1 Å². The molecular formula is C20H26O3. The first kappa shape index (κ1) is 16.4. The number of Topliss-reactive ketones (excluding diaryl/α,β-unsaturated/α-hetero) is 3. The molecule has 23 heavy (non-hydrogen) atoms. The zero-order valence-corrected chi connectivity index (χ0v) is 14.2. The van der Waals surface area contributed by atoms with Gasteiger partial charge in [0.2, 0.25) is 0 Å². The molecule has 0 heterocycles. The van der Waals surface area contributed by atoms with Crippen LogP contribution in [0.25, 0.3) is 0 Å². The fraction of sp³-hybridized carbons (Fsp3) is 0.750. The number of ketones is 3. The molecule has 3 rings (SSSR count). The maximum Gasteiger partial charge on any atom is 0.145 e. The van der Waals surface area contributed by atoms with E-state index in [2.05, 4.69) is 18.8 Å². The fourth-order valence-corrected chi connectivity index (χ4v) is 5.53. The van der Waals surface area contributed by atoms with Gasteiger partial charge < -0.3 is 0 Å². The van der Waals surface area contributed by atoms with Crippen molar-refractivity contribution in [1.29, 1.82) is 0 Å². The first-order valence-electron chi connectivity index (χ1n) is 8.94. The van der Waals surface area contributed by atoms with E-state index in [-0.39, 0.29) is 41.2 Å². The van der Waals surface area contributed by atoms with Crippen LogP contribution in [0.5, 0.6) is 0 Å². The lowest BCUT2D eigenvalue weighted by molar-refractivity contribution is -0.133. The highest BCUT2D eigenvalue weighted by molar-refractivity contribution is 5.88. The van der Waals surface area contributed by atoms with Crippen LogP contribution in [0.4, 0.5) is 0 Å². The summed E-state index contributed by atoms with van der Waals surface area (Å²) in [4.78, 5) is 36.4. The van der Waals surface area contributed by atoms with Gasteiger partial charge in [-0.3, -0.25) is 14.4 Å². The molecule has 3 nitrogen and oxygen atoms in total. The van der Waals surface area contributed by atoms with E-state index in [1.807, 2.05) is 0 Å². The predicted molar refractivity (Wildman–Crippen MR) is 87.5 cm³/mol. The number of hydrogen-bond donors (Lipinski definition) is 0. The molecule has 0 aliphatic heterocycles. The molecule has 0 saturated heterocycles. The van der Waals surface area contributed by atoms with Crippen LogP contribution < -0.4 is 0 Å². The second-order valence-electron chi connectivity index (χ2n) is 7.90. The summed E-state index contributed by atoms with van der Waals surface area (Å²) in [5.41, 5.74) is 0.0366. The highest BCUT2D eigenvalue weighted by Crippen LogP contribution is 2.60. The van der Waals surface area contributed by atoms with Crippen LogP contribution in [0.15, 0.2) is 0 Å². The van der Waals surface area contributed by atoms with Gasteiger partial charge in [0.05, 0.1) is 6.42 Å². The molecule has 0 aromatic carbocycles. The van der Waals surface area contributed by atoms with Crippen LogP contribution in [0.1, 0.15) is 65.2 Å². The van der Waals surface area contributed by atoms with E-state index in [1.165, 1.54) is 0 Å². The Hall–Kier alpha value is -1.43. The van der Waals surface area contributed by atoms with Gasteiger partial charge in [-0.1, -0.05) is 12.8 Å². The molecule has 124 valence electrons. The number of hydrogen-bond acceptors (Lipinski definition) is 3. The summed E-state index contributed by atoms with van der Waals surface area (Å²) in [6.45, 7) is 3.97. The van der Waals surface area contributed by atoms with Gasteiger partial charge in [-0.15, -0.1) is 5.92 Å². The summed E-state index contributed by atoms with van der Waals surface area (Å²) < 4.78 is 0. The zero-order valence-electron chi connectivity index (χ0n) is 14.2. The van der Waals surface area contributed by atoms with Crippen LogP contribution in [0.2, 0.25) is 0 Å². The monoisotopic (exact) mass is 314 g/mol. The summed E-state index contributed by atoms with van der Waals surface area (Å²) in [7, 11) is 0. The maximum absolute atomic E-state index is 12.7. The highest BCUT2D eigenvalue weighted by atomic mass is 16.1. The Morgan fingerprint density at radius 3 is 2.65 bits per heavy atom. The Kier molecular flexibility index (Phi) is 4.45. The van der Waals surface area contributed by atoms with Crippen LogP contribution >= 0.6 is 0 Å². The Bertz CT molecular complexity index is 594. The summed E-state index contributed by atoms with van der Waals surface area (Å²) in [6, 6.07) is 0. The molecule has 3 heteroatoms. The molecule has 0 aromatic heterocycles. The molecule has 0 spiro atoms. The standard InChI is InChI=1S/C20H26O3/c1-13(21)17-8-9-18-15-6-4-3-5-14(22)7-10-19(23)16(15)11-12-20(17,18)2/h15-18H,5-12H2,1-2H3/t15-,16+,17-,18+,20+/m1/s1. The smallest absolute Gasteiger partial charge is 0.145 e. The summed E-state index contributed by atoms with van der Waals surface area (Å²) in [6.07, 6.45) is 5.51. The van der Waals surface area contributed by atoms with Crippen molar-refractivity contribution in [2.45, 2.75) is 65.2 Å². The minimum absolute atomic E-state index is 0.0366. The van der Waals surface area contributed by atoms with E-state index >= 15 is 0 Å². The van der Waals surface area contributed by atoms with Crippen LogP contribution in [-0.4, -0.2) is 17.3 Å². The fourth-order valence-electron chi connectivity index (χ4n) is 5.53. The summed E-state index contributed by atoms with van der Waals surface area (Å²) >= 11 is 0. The minimum atomic E-state index is 0.0366. The van der Waals surface area contributed by atoms with E-state index in [9.17, 15) is 14.4 Å². The molecule has 0 bridgehead atoms. The van der Waals surface area contributed by atoms with Crippen LogP contribution in [0, 0.1) is 40.9 Å². The van der Waals surface area contributed by atoms with Crippen molar-refractivity contribution in [2.75, 3.05) is 0 Å². The van der Waals surface area contributed by atoms with Gasteiger partial charge in [0, 0.05) is 31.1 Å². The number of carbonyl (C=O) groups is 3. The maximum atomic E-state index is 12.7. The molecule has 0 aromatic rings. The van der Waals surface area contributed by atoms with Crippen LogP contribution in [-0.2, 0) is 14.4 Å². The van der Waals surface area contributed by atoms with E-state index < -0.39 is 0 Å². The van der Waals surface area contributed by atoms with E-state index in [0.717, 1.165) is 25.7 Å². The first-order chi connectivity index (χ1) is 10.9. The Morgan fingerprint density at radius 1 is 1.13 bits per heavy atom. The largest absolute Gasteiger partial charge is 0.300 e. The van der Waals surface area contributed by atoms with Gasteiger partial charge in [0.1, 0.15) is 17.3 Å². The van der Waals surface area contributed by atoms with Crippen molar-refractivity contribution in [3.63, 3.8) is 0 Å². The van der Waals surface area contributed by atoms with Gasteiger partial charge in [-0.2, -0.15) is 0 Å². The SMILES string of the molecule is CC(=O)[C@H]1CC[C@H]2[C@@H]3CC#CCC(=O)CCC(=O)[C@H]3CC[C@@]12C. The van der Waals surface area contributed by atoms with Gasteiger partial charge in [0.15, 0.2) is 0 Å². The summed E-state index contributed by atoms with van der Waals surface area (Å²) in [5, 5.41) is 0. The predicted octanol–water partition coefficient (Wildman–Crippen LogP) is 3.35. The lowest BCUT2D eigenvalue weighted by Crippen LogP contribution is -2.45. The van der Waals surface area contributed by atoms with Gasteiger partial charge in [0.25, 0.3) is 0 Å². The number of carbonyl (C=O) groups excluding carboxylic acids is 3. The average Bonchev–Trinajstić information content (AvgIpc) is 2.86. The normalized spacial score (nSPS) is 40.6. The molecule has 0 amide bonds. The lowest BCUT2D eigenvalue weighted by atomic mass is 9.56. The molecular weight excluding hydrogens is 288 g/mol. The molecule has 2 saturated carbocycles. The zero-order chi connectivity index (χ0) is 16.6. The third-order valence-electron chi connectivity index (χ3n) is 6.74. The molecule has 0 N–H and O–H groups in total. The van der Waals surface area contributed by atoms with Gasteiger partial charge >= 0.3 is 0 Å². The summed E-state index contributed by atoms with van der Waals surface area (Å²) in [5.74, 6) is 7.69. The van der Waals surface area contributed by atoms with Crippen molar-refractivity contribution in [3.8, 4) is 11.8 Å². The molecule has 3 aliphatic carbocycles. The highest BCUT2D eigenvalue weighted by Gasteiger charge is 2.55. The minimum Gasteiger partial charge on any atom is -0.300 e. The molecule has 3 aliphatic rings. The molecule has 0 radical (unpaired) electrons. The van der Waals surface area contributed by atoms with Crippen LogP contribution in [0.3, 0.4) is 0 Å².